The van der Waals surface area contributed by atoms with E-state index in [1.807, 2.05) is 19.1 Å². The summed E-state index contributed by atoms with van der Waals surface area (Å²) in [7, 11) is 0. The molecule has 0 fully saturated rings. The third kappa shape index (κ3) is 3.86. The van der Waals surface area contributed by atoms with Crippen molar-refractivity contribution in [2.45, 2.75) is 17.9 Å². The van der Waals surface area contributed by atoms with Crippen molar-refractivity contribution >= 4 is 27.7 Å². The molecule has 0 bridgehead atoms. The highest BCUT2D eigenvalue weighted by Crippen LogP contribution is 2.22. The molecule has 1 nitrogen and oxygen atoms in total. The lowest BCUT2D eigenvalue weighted by Crippen LogP contribution is -2.23. The summed E-state index contributed by atoms with van der Waals surface area (Å²) in [5, 5.41) is 0. The van der Waals surface area contributed by atoms with Gasteiger partial charge in [0.1, 0.15) is 0 Å². The fourth-order valence-corrected chi connectivity index (χ4v) is 2.48. The number of benzene rings is 1. The quantitative estimate of drug-likeness (QED) is 0.671. The second-order valence-corrected chi connectivity index (χ2v) is 5.23. The zero-order chi connectivity index (χ0) is 10.6. The topological polar surface area (TPSA) is 26.0 Å². The molecule has 1 atom stereocenters. The maximum absolute atomic E-state index is 5.87. The lowest BCUT2D eigenvalue weighted by atomic mass is 10.2. The summed E-state index contributed by atoms with van der Waals surface area (Å²) >= 11 is 5.19. The van der Waals surface area contributed by atoms with Crippen LogP contribution in [0.2, 0.25) is 0 Å². The van der Waals surface area contributed by atoms with Crippen molar-refractivity contribution in [2.24, 2.45) is 5.73 Å². The molecule has 0 aliphatic carbocycles. The first-order valence-electron chi connectivity index (χ1n) is 4.39. The van der Waals surface area contributed by atoms with Gasteiger partial charge in [0.2, 0.25) is 0 Å². The van der Waals surface area contributed by atoms with E-state index in [4.69, 9.17) is 5.73 Å². The molecule has 0 saturated carbocycles. The Kier molecular flexibility index (Phi) is 4.72. The highest BCUT2D eigenvalue weighted by atomic mass is 79.9. The highest BCUT2D eigenvalue weighted by Gasteiger charge is 2.03. The maximum Gasteiger partial charge on any atom is 0.0343 e. The van der Waals surface area contributed by atoms with Crippen LogP contribution in [0.1, 0.15) is 6.92 Å². The first kappa shape index (κ1) is 11.8. The summed E-state index contributed by atoms with van der Waals surface area (Å²) < 4.78 is 1.10. The number of nitrogens with two attached hydrogens (primary N) is 1. The van der Waals surface area contributed by atoms with E-state index < -0.39 is 0 Å². The van der Waals surface area contributed by atoms with Crippen LogP contribution in [-0.2, 0) is 0 Å². The third-order valence-electron chi connectivity index (χ3n) is 1.86. The zero-order valence-electron chi connectivity index (χ0n) is 8.16. The molecule has 0 aliphatic heterocycles. The van der Waals surface area contributed by atoms with Crippen molar-refractivity contribution < 1.29 is 0 Å². The molecular formula is C11H14BrNS. The van der Waals surface area contributed by atoms with E-state index in [0.29, 0.717) is 0 Å². The van der Waals surface area contributed by atoms with Crippen LogP contribution in [0.5, 0.6) is 0 Å². The van der Waals surface area contributed by atoms with Crippen molar-refractivity contribution in [3.8, 4) is 0 Å². The van der Waals surface area contributed by atoms with Crippen LogP contribution in [0.4, 0.5) is 0 Å². The molecular weight excluding hydrogens is 258 g/mol. The van der Waals surface area contributed by atoms with E-state index >= 15 is 0 Å². The first-order chi connectivity index (χ1) is 6.59. The van der Waals surface area contributed by atoms with Gasteiger partial charge in [-0.3, -0.25) is 0 Å². The van der Waals surface area contributed by atoms with Crippen LogP contribution in [0.3, 0.4) is 0 Å². The fraction of sp³-hybridized carbons (Fsp3) is 0.273. The molecule has 2 N–H and O–H groups in total. The van der Waals surface area contributed by atoms with Gasteiger partial charge in [-0.1, -0.05) is 34.1 Å². The molecule has 76 valence electrons. The van der Waals surface area contributed by atoms with Crippen LogP contribution in [-0.4, -0.2) is 11.8 Å². The Balaban J connectivity index is 2.49. The lowest BCUT2D eigenvalue weighted by Gasteiger charge is -2.10. The lowest BCUT2D eigenvalue weighted by molar-refractivity contribution is 0.878. The summed E-state index contributed by atoms with van der Waals surface area (Å²) in [6.07, 6.45) is 0. The zero-order valence-corrected chi connectivity index (χ0v) is 10.6. The predicted octanol–water partition coefficient (Wildman–Crippen LogP) is 3.44. The molecule has 0 radical (unpaired) electrons. The van der Waals surface area contributed by atoms with Gasteiger partial charge in [0.15, 0.2) is 0 Å². The highest BCUT2D eigenvalue weighted by molar-refractivity contribution is 9.10. The summed E-state index contributed by atoms with van der Waals surface area (Å²) in [5.74, 6) is 0.881. The number of hydrogen-bond donors (Lipinski definition) is 1. The Morgan fingerprint density at radius 1 is 1.64 bits per heavy atom. The van der Waals surface area contributed by atoms with Crippen molar-refractivity contribution in [1.29, 1.82) is 0 Å². The number of thioether (sulfide) groups is 1. The molecule has 1 aromatic carbocycles. The monoisotopic (exact) mass is 271 g/mol. The minimum Gasteiger partial charge on any atom is -0.324 e. The summed E-state index contributed by atoms with van der Waals surface area (Å²) in [4.78, 5) is 1.23. The molecule has 1 unspecified atom stereocenters. The predicted molar refractivity (Wildman–Crippen MR) is 67.7 cm³/mol. The summed E-state index contributed by atoms with van der Waals surface area (Å²) in [6.45, 7) is 5.80. The Morgan fingerprint density at radius 2 is 2.36 bits per heavy atom. The second kappa shape index (κ2) is 5.59. The van der Waals surface area contributed by atoms with E-state index in [9.17, 15) is 0 Å². The molecule has 0 heterocycles. The molecule has 0 amide bonds. The standard InChI is InChI=1S/C11H14BrNS/c1-8(2)11(13)7-14-10-5-3-4-9(12)6-10/h3-6,11H,1,7,13H2,2H3. The van der Waals surface area contributed by atoms with Gasteiger partial charge < -0.3 is 5.73 Å². The second-order valence-electron chi connectivity index (χ2n) is 3.22. The normalized spacial score (nSPS) is 12.5. The Bertz CT molecular complexity index is 325. The number of halogens is 1. The molecule has 0 aromatic heterocycles. The molecule has 3 heteroatoms. The average molecular weight is 272 g/mol. The van der Waals surface area contributed by atoms with Crippen molar-refractivity contribution in [3.05, 3.63) is 40.9 Å². The molecule has 0 spiro atoms. The Morgan fingerprint density at radius 3 is 2.93 bits per heavy atom. The third-order valence-corrected chi connectivity index (χ3v) is 3.46. The molecule has 1 aromatic rings. The fourth-order valence-electron chi connectivity index (χ4n) is 0.885. The van der Waals surface area contributed by atoms with Crippen molar-refractivity contribution in [3.63, 3.8) is 0 Å². The van der Waals surface area contributed by atoms with Gasteiger partial charge in [-0.2, -0.15) is 0 Å². The summed E-state index contributed by atoms with van der Waals surface area (Å²) in [5.41, 5.74) is 6.91. The van der Waals surface area contributed by atoms with Crippen LogP contribution in [0.25, 0.3) is 0 Å². The van der Waals surface area contributed by atoms with E-state index in [0.717, 1.165) is 15.8 Å². The number of hydrogen-bond acceptors (Lipinski definition) is 2. The molecule has 0 aliphatic rings. The molecule has 1 rings (SSSR count). The van der Waals surface area contributed by atoms with E-state index in [2.05, 4.69) is 34.6 Å². The smallest absolute Gasteiger partial charge is 0.0343 e. The largest absolute Gasteiger partial charge is 0.324 e. The minimum absolute atomic E-state index is 0.0824. The molecule has 14 heavy (non-hydrogen) atoms. The molecule has 0 saturated heterocycles. The SMILES string of the molecule is C=C(C)C(N)CSc1cccc(Br)c1. The minimum atomic E-state index is 0.0824. The van der Waals surface area contributed by atoms with Crippen molar-refractivity contribution in [2.75, 3.05) is 5.75 Å². The van der Waals surface area contributed by atoms with Gasteiger partial charge in [0.05, 0.1) is 0 Å². The number of rotatable bonds is 4. The van der Waals surface area contributed by atoms with Gasteiger partial charge in [-0.05, 0) is 25.1 Å². The van der Waals surface area contributed by atoms with Gasteiger partial charge in [-0.15, -0.1) is 11.8 Å². The Hall–Kier alpha value is -0.250. The van der Waals surface area contributed by atoms with E-state index in [1.54, 1.807) is 11.8 Å². The maximum atomic E-state index is 5.87. The van der Waals surface area contributed by atoms with Crippen LogP contribution >= 0.6 is 27.7 Å². The Labute approximate surface area is 97.9 Å². The van der Waals surface area contributed by atoms with Crippen molar-refractivity contribution in [1.82, 2.24) is 0 Å². The van der Waals surface area contributed by atoms with Crippen LogP contribution in [0, 0.1) is 0 Å². The van der Waals surface area contributed by atoms with Crippen LogP contribution in [0.15, 0.2) is 45.8 Å². The van der Waals surface area contributed by atoms with Crippen LogP contribution < -0.4 is 5.73 Å². The van der Waals surface area contributed by atoms with Gasteiger partial charge >= 0.3 is 0 Å². The average Bonchev–Trinajstić information content (AvgIpc) is 2.14. The van der Waals surface area contributed by atoms with Gasteiger partial charge in [0, 0.05) is 21.2 Å². The van der Waals surface area contributed by atoms with E-state index in [-0.39, 0.29) is 6.04 Å². The van der Waals surface area contributed by atoms with Gasteiger partial charge in [0.25, 0.3) is 0 Å². The van der Waals surface area contributed by atoms with Gasteiger partial charge in [-0.25, -0.2) is 0 Å². The summed E-state index contributed by atoms with van der Waals surface area (Å²) in [6, 6.07) is 8.30. The van der Waals surface area contributed by atoms with E-state index in [1.165, 1.54) is 4.90 Å². The first-order valence-corrected chi connectivity index (χ1v) is 6.17.